The Bertz CT molecular complexity index is 834. The lowest BCUT2D eigenvalue weighted by Crippen LogP contribution is -2.42. The van der Waals surface area contributed by atoms with Crippen LogP contribution < -0.4 is 16.0 Å². The zero-order chi connectivity index (χ0) is 20.5. The van der Waals surface area contributed by atoms with Crippen molar-refractivity contribution in [3.05, 3.63) is 51.3 Å². The lowest BCUT2D eigenvalue weighted by atomic mass is 10.2. The minimum Gasteiger partial charge on any atom is -0.356 e. The van der Waals surface area contributed by atoms with Crippen molar-refractivity contribution in [3.8, 4) is 0 Å². The number of aliphatic imine (C=N–C) groups is 1. The molecule has 0 radical (unpaired) electrons. The lowest BCUT2D eigenvalue weighted by molar-refractivity contribution is 0.0954. The Morgan fingerprint density at radius 1 is 1.07 bits per heavy atom. The third-order valence-electron chi connectivity index (χ3n) is 4.05. The van der Waals surface area contributed by atoms with Gasteiger partial charge in [-0.3, -0.25) is 14.5 Å². The third kappa shape index (κ3) is 6.73. The Balaban J connectivity index is 1.64. The number of halogens is 2. The molecule has 152 valence electrons. The Kier molecular flexibility index (Phi) is 8.60. The van der Waals surface area contributed by atoms with Crippen LogP contribution in [-0.2, 0) is 6.54 Å². The molecule has 2 aromatic rings. The first-order chi connectivity index (χ1) is 13.4. The Morgan fingerprint density at radius 2 is 1.79 bits per heavy atom. The van der Waals surface area contributed by atoms with Crippen LogP contribution in [0.4, 0.5) is 0 Å². The van der Waals surface area contributed by atoms with Gasteiger partial charge in [0, 0.05) is 44.5 Å². The van der Waals surface area contributed by atoms with Crippen LogP contribution in [0.15, 0.2) is 29.3 Å². The molecule has 28 heavy (non-hydrogen) atoms. The van der Waals surface area contributed by atoms with Crippen LogP contribution in [0, 0.1) is 13.8 Å². The number of aromatic nitrogens is 2. The average Bonchev–Trinajstić information content (AvgIpc) is 2.99. The highest BCUT2D eigenvalue weighted by Crippen LogP contribution is 2.22. The highest BCUT2D eigenvalue weighted by atomic mass is 35.5. The highest BCUT2D eigenvalue weighted by Gasteiger charge is 2.07. The van der Waals surface area contributed by atoms with Crippen molar-refractivity contribution in [2.75, 3.05) is 26.7 Å². The van der Waals surface area contributed by atoms with Crippen LogP contribution in [0.2, 0.25) is 10.0 Å². The van der Waals surface area contributed by atoms with Crippen molar-refractivity contribution in [2.45, 2.75) is 26.8 Å². The van der Waals surface area contributed by atoms with Crippen molar-refractivity contribution in [2.24, 2.45) is 4.99 Å². The van der Waals surface area contributed by atoms with Gasteiger partial charge in [-0.1, -0.05) is 23.2 Å². The van der Waals surface area contributed by atoms with E-state index in [1.54, 1.807) is 25.2 Å². The first-order valence-corrected chi connectivity index (χ1v) is 9.85. The molecule has 0 bridgehead atoms. The third-order valence-corrected chi connectivity index (χ3v) is 4.79. The van der Waals surface area contributed by atoms with E-state index in [0.29, 0.717) is 34.7 Å². The van der Waals surface area contributed by atoms with E-state index in [4.69, 9.17) is 23.2 Å². The number of amides is 1. The Labute approximate surface area is 175 Å². The Hall–Kier alpha value is -2.25. The van der Waals surface area contributed by atoms with Crippen molar-refractivity contribution in [1.82, 2.24) is 25.7 Å². The van der Waals surface area contributed by atoms with Crippen molar-refractivity contribution < 1.29 is 4.79 Å². The number of rotatable bonds is 8. The fraction of sp³-hybridized carbons (Fsp3) is 0.421. The van der Waals surface area contributed by atoms with Gasteiger partial charge in [0.25, 0.3) is 5.91 Å². The molecule has 1 heterocycles. The molecular formula is C19H26Cl2N6O. The van der Waals surface area contributed by atoms with Gasteiger partial charge in [-0.25, -0.2) is 0 Å². The van der Waals surface area contributed by atoms with Gasteiger partial charge in [-0.05, 0) is 44.5 Å². The van der Waals surface area contributed by atoms with Gasteiger partial charge in [0.15, 0.2) is 5.96 Å². The van der Waals surface area contributed by atoms with E-state index in [-0.39, 0.29) is 5.91 Å². The first kappa shape index (κ1) is 22.0. The van der Waals surface area contributed by atoms with Crippen LogP contribution in [-0.4, -0.2) is 48.3 Å². The van der Waals surface area contributed by atoms with Gasteiger partial charge in [-0.2, -0.15) is 5.10 Å². The number of nitrogens with one attached hydrogen (secondary N) is 3. The maximum Gasteiger partial charge on any atom is 0.251 e. The number of benzene rings is 1. The van der Waals surface area contributed by atoms with Gasteiger partial charge < -0.3 is 16.0 Å². The second-order valence-corrected chi connectivity index (χ2v) is 7.13. The zero-order valence-corrected chi connectivity index (χ0v) is 17.9. The monoisotopic (exact) mass is 424 g/mol. The number of hydrogen-bond acceptors (Lipinski definition) is 3. The number of nitrogens with zero attached hydrogens (tertiary/aromatic N) is 3. The SMILES string of the molecule is CN=C(NCCCn1nc(C)cc1C)NCCNC(=O)c1ccc(Cl)c(Cl)c1. The molecule has 9 heteroatoms. The summed E-state index contributed by atoms with van der Waals surface area (Å²) >= 11 is 11.8. The summed E-state index contributed by atoms with van der Waals surface area (Å²) < 4.78 is 2.01. The molecule has 0 atom stereocenters. The summed E-state index contributed by atoms with van der Waals surface area (Å²) in [7, 11) is 1.71. The molecule has 0 saturated carbocycles. The molecule has 1 aromatic carbocycles. The molecule has 7 nitrogen and oxygen atoms in total. The summed E-state index contributed by atoms with van der Waals surface area (Å²) in [6.07, 6.45) is 0.927. The molecule has 2 rings (SSSR count). The molecule has 0 spiro atoms. The molecule has 0 saturated heterocycles. The average molecular weight is 425 g/mol. The predicted octanol–water partition coefficient (Wildman–Crippen LogP) is 2.79. The van der Waals surface area contributed by atoms with Crippen molar-refractivity contribution in [1.29, 1.82) is 0 Å². The van der Waals surface area contributed by atoms with E-state index in [1.165, 1.54) is 0 Å². The summed E-state index contributed by atoms with van der Waals surface area (Å²) in [4.78, 5) is 16.3. The number of carbonyl (C=O) groups is 1. The van der Waals surface area contributed by atoms with Crippen molar-refractivity contribution >= 4 is 35.1 Å². The van der Waals surface area contributed by atoms with E-state index < -0.39 is 0 Å². The smallest absolute Gasteiger partial charge is 0.251 e. The quantitative estimate of drug-likeness (QED) is 0.345. The maximum atomic E-state index is 12.1. The molecule has 1 amide bonds. The van der Waals surface area contributed by atoms with E-state index in [0.717, 1.165) is 30.9 Å². The lowest BCUT2D eigenvalue weighted by Gasteiger charge is -2.13. The first-order valence-electron chi connectivity index (χ1n) is 9.09. The largest absolute Gasteiger partial charge is 0.356 e. The van der Waals surface area contributed by atoms with Crippen LogP contribution >= 0.6 is 23.2 Å². The highest BCUT2D eigenvalue weighted by molar-refractivity contribution is 6.42. The normalized spacial score (nSPS) is 11.4. The molecule has 3 N–H and O–H groups in total. The second kappa shape index (κ2) is 10.9. The minimum atomic E-state index is -0.201. The van der Waals surface area contributed by atoms with Crippen LogP contribution in [0.1, 0.15) is 28.2 Å². The molecule has 0 aliphatic heterocycles. The van der Waals surface area contributed by atoms with Crippen molar-refractivity contribution in [3.63, 3.8) is 0 Å². The summed E-state index contributed by atoms with van der Waals surface area (Å²) in [6, 6.07) is 6.87. The number of aryl methyl sites for hydroxylation is 3. The number of carbonyl (C=O) groups excluding carboxylic acids is 1. The van der Waals surface area contributed by atoms with E-state index in [2.05, 4.69) is 39.0 Å². The van der Waals surface area contributed by atoms with Gasteiger partial charge in [0.2, 0.25) is 0 Å². The topological polar surface area (TPSA) is 83.3 Å². The minimum absolute atomic E-state index is 0.201. The molecule has 0 unspecified atom stereocenters. The van der Waals surface area contributed by atoms with E-state index in [1.807, 2.05) is 11.6 Å². The molecule has 1 aromatic heterocycles. The van der Waals surface area contributed by atoms with E-state index >= 15 is 0 Å². The zero-order valence-electron chi connectivity index (χ0n) is 16.4. The van der Waals surface area contributed by atoms with Gasteiger partial charge >= 0.3 is 0 Å². The van der Waals surface area contributed by atoms with Crippen LogP contribution in [0.3, 0.4) is 0 Å². The van der Waals surface area contributed by atoms with Gasteiger partial charge in [0.1, 0.15) is 0 Å². The van der Waals surface area contributed by atoms with Crippen LogP contribution in [0.25, 0.3) is 0 Å². The molecule has 0 aliphatic carbocycles. The number of hydrogen-bond donors (Lipinski definition) is 3. The van der Waals surface area contributed by atoms with Gasteiger partial charge in [0.05, 0.1) is 15.7 Å². The van der Waals surface area contributed by atoms with E-state index in [9.17, 15) is 4.79 Å². The van der Waals surface area contributed by atoms with Crippen LogP contribution in [0.5, 0.6) is 0 Å². The van der Waals surface area contributed by atoms with Gasteiger partial charge in [-0.15, -0.1) is 0 Å². The molecular weight excluding hydrogens is 399 g/mol. The summed E-state index contributed by atoms with van der Waals surface area (Å²) in [6.45, 7) is 6.67. The number of guanidine groups is 1. The summed E-state index contributed by atoms with van der Waals surface area (Å²) in [5.41, 5.74) is 2.67. The molecule has 0 aliphatic rings. The fourth-order valence-corrected chi connectivity index (χ4v) is 2.95. The summed E-state index contributed by atoms with van der Waals surface area (Å²) in [5, 5.41) is 14.5. The maximum absolute atomic E-state index is 12.1. The predicted molar refractivity (Wildman–Crippen MR) is 114 cm³/mol. The Morgan fingerprint density at radius 3 is 2.43 bits per heavy atom. The molecule has 0 fully saturated rings. The fourth-order valence-electron chi connectivity index (χ4n) is 2.65. The standard InChI is InChI=1S/C19H26Cl2N6O/c1-13-11-14(2)27(26-13)10-4-7-24-19(22-3)25-9-8-23-18(28)15-5-6-16(20)17(21)12-15/h5-6,11-12H,4,7-10H2,1-3H3,(H,23,28)(H2,22,24,25). The second-order valence-electron chi connectivity index (χ2n) is 6.31. The summed E-state index contributed by atoms with van der Waals surface area (Å²) in [5.74, 6) is 0.491.